The van der Waals surface area contributed by atoms with Crippen LogP contribution >= 0.6 is 11.3 Å². The molecule has 0 N–H and O–H groups in total. The summed E-state index contributed by atoms with van der Waals surface area (Å²) >= 11 is 1.53. The Morgan fingerprint density at radius 1 is 1.29 bits per heavy atom. The van der Waals surface area contributed by atoms with Gasteiger partial charge in [0, 0.05) is 18.0 Å². The molecule has 4 nitrogen and oxygen atoms in total. The Kier molecular flexibility index (Phi) is 5.17. The zero-order valence-corrected chi connectivity index (χ0v) is 13.4. The van der Waals surface area contributed by atoms with E-state index >= 15 is 0 Å². The predicted octanol–water partition coefficient (Wildman–Crippen LogP) is 3.13. The molecule has 0 bridgehead atoms. The van der Waals surface area contributed by atoms with Crippen LogP contribution in [0.3, 0.4) is 0 Å². The molecular formula is C15H17NO3S2. The Hall–Kier alpha value is -1.63. The molecule has 0 spiro atoms. The van der Waals surface area contributed by atoms with Crippen molar-refractivity contribution in [1.29, 1.82) is 0 Å². The summed E-state index contributed by atoms with van der Waals surface area (Å²) in [5, 5.41) is 1.93. The monoisotopic (exact) mass is 323 g/mol. The quantitative estimate of drug-likeness (QED) is 0.736. The van der Waals surface area contributed by atoms with Gasteiger partial charge in [0.15, 0.2) is 0 Å². The lowest BCUT2D eigenvalue weighted by molar-refractivity contribution is 0.414. The lowest BCUT2D eigenvalue weighted by Gasteiger charge is -2.20. The molecule has 2 rings (SSSR count). The molecule has 0 aliphatic heterocycles. The largest absolute Gasteiger partial charge is 0.497 e. The number of thiophene rings is 1. The molecule has 2 aromatic rings. The third kappa shape index (κ3) is 3.72. The van der Waals surface area contributed by atoms with Crippen molar-refractivity contribution < 1.29 is 13.2 Å². The fraction of sp³-hybridized carbons (Fsp3) is 0.200. The van der Waals surface area contributed by atoms with Gasteiger partial charge in [0.2, 0.25) is 10.0 Å². The highest BCUT2D eigenvalue weighted by atomic mass is 32.2. The maximum absolute atomic E-state index is 12.7. The van der Waals surface area contributed by atoms with Gasteiger partial charge in [0.1, 0.15) is 5.75 Å². The van der Waals surface area contributed by atoms with Crippen LogP contribution in [0.4, 0.5) is 0 Å². The average molecular weight is 323 g/mol. The average Bonchev–Trinajstić information content (AvgIpc) is 3.00. The second-order valence-electron chi connectivity index (χ2n) is 4.34. The van der Waals surface area contributed by atoms with Crippen molar-refractivity contribution in [3.63, 3.8) is 0 Å². The van der Waals surface area contributed by atoms with Gasteiger partial charge in [-0.1, -0.05) is 12.1 Å². The molecule has 0 unspecified atom stereocenters. The van der Waals surface area contributed by atoms with Crippen LogP contribution in [-0.2, 0) is 16.6 Å². The van der Waals surface area contributed by atoms with Gasteiger partial charge in [-0.2, -0.15) is 4.31 Å². The van der Waals surface area contributed by atoms with Crippen LogP contribution in [0.15, 0.2) is 59.3 Å². The second kappa shape index (κ2) is 6.89. The van der Waals surface area contributed by atoms with E-state index in [0.29, 0.717) is 12.3 Å². The zero-order valence-electron chi connectivity index (χ0n) is 11.7. The first-order valence-electron chi connectivity index (χ1n) is 6.35. The summed E-state index contributed by atoms with van der Waals surface area (Å²) in [6, 6.07) is 10.2. The van der Waals surface area contributed by atoms with Gasteiger partial charge in [0.25, 0.3) is 0 Å². The van der Waals surface area contributed by atoms with Crippen molar-refractivity contribution >= 4 is 21.4 Å². The molecule has 21 heavy (non-hydrogen) atoms. The number of sulfonamides is 1. The number of hydrogen-bond donors (Lipinski definition) is 0. The smallest absolute Gasteiger partial charge is 0.243 e. The Balaban J connectivity index is 2.29. The van der Waals surface area contributed by atoms with Crippen molar-refractivity contribution in [2.24, 2.45) is 0 Å². The van der Waals surface area contributed by atoms with Crippen LogP contribution in [0.5, 0.6) is 5.75 Å². The number of benzene rings is 1. The van der Waals surface area contributed by atoms with E-state index in [1.807, 2.05) is 17.5 Å². The van der Waals surface area contributed by atoms with Gasteiger partial charge in [-0.15, -0.1) is 17.9 Å². The van der Waals surface area contributed by atoms with E-state index < -0.39 is 10.0 Å². The molecule has 1 heterocycles. The Morgan fingerprint density at radius 2 is 2.00 bits per heavy atom. The van der Waals surface area contributed by atoms with E-state index in [4.69, 9.17) is 4.74 Å². The van der Waals surface area contributed by atoms with E-state index in [1.54, 1.807) is 37.5 Å². The summed E-state index contributed by atoms with van der Waals surface area (Å²) < 4.78 is 31.8. The van der Waals surface area contributed by atoms with Crippen LogP contribution < -0.4 is 4.74 Å². The van der Waals surface area contributed by atoms with Crippen molar-refractivity contribution in [3.05, 3.63) is 59.3 Å². The fourth-order valence-corrected chi connectivity index (χ4v) is 4.05. The minimum Gasteiger partial charge on any atom is -0.497 e. The summed E-state index contributed by atoms with van der Waals surface area (Å²) in [7, 11) is -2.01. The van der Waals surface area contributed by atoms with Crippen molar-refractivity contribution in [2.75, 3.05) is 13.7 Å². The van der Waals surface area contributed by atoms with Gasteiger partial charge in [-0.25, -0.2) is 8.42 Å². The predicted molar refractivity (Wildman–Crippen MR) is 85.1 cm³/mol. The van der Waals surface area contributed by atoms with Crippen LogP contribution in [0.2, 0.25) is 0 Å². The van der Waals surface area contributed by atoms with Crippen molar-refractivity contribution in [1.82, 2.24) is 4.31 Å². The minimum atomic E-state index is -3.55. The number of rotatable bonds is 7. The first-order valence-corrected chi connectivity index (χ1v) is 8.67. The Labute approximate surface area is 129 Å². The normalized spacial score (nSPS) is 11.5. The number of ether oxygens (including phenoxy) is 1. The molecule has 0 aliphatic carbocycles. The number of methoxy groups -OCH3 is 1. The van der Waals surface area contributed by atoms with Gasteiger partial charge in [-0.05, 0) is 35.7 Å². The van der Waals surface area contributed by atoms with Gasteiger partial charge in [0.05, 0.1) is 12.0 Å². The highest BCUT2D eigenvalue weighted by Gasteiger charge is 2.23. The van der Waals surface area contributed by atoms with Gasteiger partial charge < -0.3 is 4.74 Å². The fourth-order valence-electron chi connectivity index (χ4n) is 1.86. The molecule has 0 fully saturated rings. The molecule has 1 aromatic carbocycles. The minimum absolute atomic E-state index is 0.252. The second-order valence-corrected chi connectivity index (χ2v) is 7.31. The maximum atomic E-state index is 12.7. The Bertz CT molecular complexity index is 676. The highest BCUT2D eigenvalue weighted by molar-refractivity contribution is 7.89. The van der Waals surface area contributed by atoms with E-state index in [2.05, 4.69) is 6.58 Å². The lowest BCUT2D eigenvalue weighted by Crippen LogP contribution is -2.30. The SMILES string of the molecule is C=CCN(Cc1cccs1)S(=O)(=O)c1ccc(OC)cc1. The summed E-state index contributed by atoms with van der Waals surface area (Å²) in [6.45, 7) is 4.26. The molecular weight excluding hydrogens is 306 g/mol. The van der Waals surface area contributed by atoms with Gasteiger partial charge >= 0.3 is 0 Å². The Morgan fingerprint density at radius 3 is 2.52 bits per heavy atom. The molecule has 0 saturated heterocycles. The van der Waals surface area contributed by atoms with Crippen molar-refractivity contribution in [2.45, 2.75) is 11.4 Å². The molecule has 1 aromatic heterocycles. The first kappa shape index (κ1) is 15.8. The first-order chi connectivity index (χ1) is 10.1. The summed E-state index contributed by atoms with van der Waals surface area (Å²) in [5.41, 5.74) is 0. The molecule has 0 amide bonds. The molecule has 0 atom stereocenters. The van der Waals surface area contributed by atoms with E-state index in [-0.39, 0.29) is 11.4 Å². The molecule has 0 radical (unpaired) electrons. The number of hydrogen-bond acceptors (Lipinski definition) is 4. The van der Waals surface area contributed by atoms with Crippen LogP contribution in [0.25, 0.3) is 0 Å². The lowest BCUT2D eigenvalue weighted by atomic mass is 10.3. The highest BCUT2D eigenvalue weighted by Crippen LogP contribution is 2.22. The van der Waals surface area contributed by atoms with E-state index in [0.717, 1.165) is 4.88 Å². The van der Waals surface area contributed by atoms with E-state index in [1.165, 1.54) is 15.6 Å². The molecule has 6 heteroatoms. The topological polar surface area (TPSA) is 46.6 Å². The van der Waals surface area contributed by atoms with Crippen LogP contribution in [0, 0.1) is 0 Å². The zero-order chi connectivity index (χ0) is 15.3. The summed E-state index contributed by atoms with van der Waals surface area (Å²) in [6.07, 6.45) is 1.59. The van der Waals surface area contributed by atoms with Crippen LogP contribution in [-0.4, -0.2) is 26.4 Å². The van der Waals surface area contributed by atoms with Crippen LogP contribution in [0.1, 0.15) is 4.88 Å². The molecule has 0 aliphatic rings. The van der Waals surface area contributed by atoms with Gasteiger partial charge in [-0.3, -0.25) is 0 Å². The third-order valence-electron chi connectivity index (χ3n) is 2.94. The number of nitrogens with zero attached hydrogens (tertiary/aromatic N) is 1. The maximum Gasteiger partial charge on any atom is 0.243 e. The molecule has 112 valence electrons. The standard InChI is InChI=1S/C15H17NO3S2/c1-3-10-16(12-14-5-4-11-20-14)21(17,18)15-8-6-13(19-2)7-9-15/h3-9,11H,1,10,12H2,2H3. The van der Waals surface area contributed by atoms with E-state index in [9.17, 15) is 8.42 Å². The molecule has 0 saturated carbocycles. The third-order valence-corrected chi connectivity index (χ3v) is 5.63. The summed E-state index contributed by atoms with van der Waals surface area (Å²) in [4.78, 5) is 1.25. The summed E-state index contributed by atoms with van der Waals surface area (Å²) in [5.74, 6) is 0.627. The van der Waals surface area contributed by atoms with Crippen molar-refractivity contribution in [3.8, 4) is 5.75 Å².